The molecule has 0 aliphatic carbocycles. The largest absolute Gasteiger partial charge is 0.339 e. The van der Waals surface area contributed by atoms with Gasteiger partial charge in [0.15, 0.2) is 0 Å². The number of amides is 2. The Morgan fingerprint density at radius 2 is 1.73 bits per heavy atom. The summed E-state index contributed by atoms with van der Waals surface area (Å²) in [6, 6.07) is 0. The third-order valence-corrected chi connectivity index (χ3v) is 5.35. The van der Waals surface area contributed by atoms with Crippen molar-refractivity contribution in [3.8, 4) is 0 Å². The molecule has 2 aliphatic rings. The van der Waals surface area contributed by atoms with E-state index in [9.17, 15) is 9.59 Å². The fourth-order valence-electron chi connectivity index (χ4n) is 3.86. The number of rotatable bonds is 3. The van der Waals surface area contributed by atoms with Crippen LogP contribution in [-0.4, -0.2) is 57.8 Å². The Hall–Kier alpha value is -2.24. The minimum Gasteiger partial charge on any atom is -0.339 e. The average Bonchev–Trinajstić information content (AvgIpc) is 2.67. The summed E-state index contributed by atoms with van der Waals surface area (Å²) < 4.78 is 0. The minimum absolute atomic E-state index is 0.0203. The van der Waals surface area contributed by atoms with E-state index in [4.69, 9.17) is 0 Å². The van der Waals surface area contributed by atoms with Crippen LogP contribution in [0, 0.1) is 6.92 Å². The van der Waals surface area contributed by atoms with Crippen molar-refractivity contribution in [2.75, 3.05) is 26.2 Å². The van der Waals surface area contributed by atoms with Crippen LogP contribution in [0.25, 0.3) is 0 Å². The molecule has 1 aromatic heterocycles. The molecule has 2 saturated heterocycles. The van der Waals surface area contributed by atoms with Gasteiger partial charge in [0, 0.05) is 43.9 Å². The van der Waals surface area contributed by atoms with Gasteiger partial charge < -0.3 is 9.80 Å². The zero-order valence-corrected chi connectivity index (χ0v) is 15.8. The van der Waals surface area contributed by atoms with Crippen molar-refractivity contribution in [2.45, 2.75) is 51.9 Å². The molecule has 0 bridgehead atoms. The van der Waals surface area contributed by atoms with Crippen LogP contribution in [0.5, 0.6) is 0 Å². The first kappa shape index (κ1) is 18.5. The highest BCUT2D eigenvalue weighted by molar-refractivity contribution is 5.95. The fourth-order valence-corrected chi connectivity index (χ4v) is 3.86. The number of piperidine rings is 2. The van der Waals surface area contributed by atoms with Crippen molar-refractivity contribution in [1.29, 1.82) is 0 Å². The van der Waals surface area contributed by atoms with Gasteiger partial charge in [-0.15, -0.1) is 0 Å². The molecule has 0 radical (unpaired) electrons. The van der Waals surface area contributed by atoms with Crippen molar-refractivity contribution in [2.24, 2.45) is 0 Å². The van der Waals surface area contributed by atoms with E-state index in [1.807, 2.05) is 16.7 Å². The lowest BCUT2D eigenvalue weighted by atomic mass is 9.90. The molecule has 6 nitrogen and oxygen atoms in total. The normalized spacial score (nSPS) is 18.7. The Labute approximate surface area is 155 Å². The van der Waals surface area contributed by atoms with Gasteiger partial charge in [-0.3, -0.25) is 9.59 Å². The SMILES string of the molecule is C=C(C)C(=O)N1CCC(c2nc(C)ncc2C(=O)N2CCCCC2)CC1. The Morgan fingerprint density at radius 1 is 1.08 bits per heavy atom. The Morgan fingerprint density at radius 3 is 2.35 bits per heavy atom. The van der Waals surface area contributed by atoms with Crippen LogP contribution in [-0.2, 0) is 4.79 Å². The third kappa shape index (κ3) is 3.94. The third-order valence-electron chi connectivity index (χ3n) is 5.35. The molecule has 3 heterocycles. The van der Waals surface area contributed by atoms with Gasteiger partial charge in [-0.1, -0.05) is 6.58 Å². The number of aryl methyl sites for hydroxylation is 1. The summed E-state index contributed by atoms with van der Waals surface area (Å²) in [4.78, 5) is 37.8. The van der Waals surface area contributed by atoms with Crippen molar-refractivity contribution in [3.05, 3.63) is 35.4 Å². The maximum absolute atomic E-state index is 13.0. The molecule has 2 aliphatic heterocycles. The first-order valence-corrected chi connectivity index (χ1v) is 9.55. The molecule has 0 N–H and O–H groups in total. The van der Waals surface area contributed by atoms with Gasteiger partial charge in [0.05, 0.1) is 11.3 Å². The first-order chi connectivity index (χ1) is 12.5. The zero-order valence-electron chi connectivity index (χ0n) is 15.8. The number of carbonyl (C=O) groups excluding carboxylic acids is 2. The second kappa shape index (κ2) is 7.98. The molecule has 1 aromatic rings. The summed E-state index contributed by atoms with van der Waals surface area (Å²) >= 11 is 0. The van der Waals surface area contributed by atoms with Crippen LogP contribution in [0.4, 0.5) is 0 Å². The van der Waals surface area contributed by atoms with Crippen LogP contribution >= 0.6 is 0 Å². The van der Waals surface area contributed by atoms with E-state index in [1.54, 1.807) is 13.1 Å². The molecule has 2 fully saturated rings. The van der Waals surface area contributed by atoms with E-state index in [-0.39, 0.29) is 17.7 Å². The second-order valence-electron chi connectivity index (χ2n) is 7.42. The van der Waals surface area contributed by atoms with Crippen molar-refractivity contribution in [3.63, 3.8) is 0 Å². The number of likely N-dealkylation sites (tertiary alicyclic amines) is 2. The smallest absolute Gasteiger partial charge is 0.257 e. The molecule has 0 unspecified atom stereocenters. The van der Waals surface area contributed by atoms with E-state index < -0.39 is 0 Å². The predicted molar refractivity (Wildman–Crippen MR) is 99.9 cm³/mol. The summed E-state index contributed by atoms with van der Waals surface area (Å²) in [7, 11) is 0. The first-order valence-electron chi connectivity index (χ1n) is 9.55. The second-order valence-corrected chi connectivity index (χ2v) is 7.42. The number of nitrogens with zero attached hydrogens (tertiary/aromatic N) is 4. The highest BCUT2D eigenvalue weighted by atomic mass is 16.2. The highest BCUT2D eigenvalue weighted by Crippen LogP contribution is 2.30. The monoisotopic (exact) mass is 356 g/mol. The van der Waals surface area contributed by atoms with Gasteiger partial charge >= 0.3 is 0 Å². The molecule has 26 heavy (non-hydrogen) atoms. The number of hydrogen-bond donors (Lipinski definition) is 0. The van der Waals surface area contributed by atoms with E-state index in [2.05, 4.69) is 16.5 Å². The lowest BCUT2D eigenvalue weighted by Crippen LogP contribution is -2.39. The van der Waals surface area contributed by atoms with Crippen LogP contribution < -0.4 is 0 Å². The summed E-state index contributed by atoms with van der Waals surface area (Å²) in [5, 5.41) is 0. The van der Waals surface area contributed by atoms with Gasteiger partial charge in [-0.2, -0.15) is 0 Å². The topological polar surface area (TPSA) is 66.4 Å². The summed E-state index contributed by atoms with van der Waals surface area (Å²) in [6.07, 6.45) is 6.65. The maximum Gasteiger partial charge on any atom is 0.257 e. The quantitative estimate of drug-likeness (QED) is 0.781. The number of aromatic nitrogens is 2. The van der Waals surface area contributed by atoms with Crippen LogP contribution in [0.3, 0.4) is 0 Å². The van der Waals surface area contributed by atoms with Gasteiger partial charge in [-0.05, 0) is 46.0 Å². The van der Waals surface area contributed by atoms with E-state index in [1.165, 1.54) is 6.42 Å². The summed E-state index contributed by atoms with van der Waals surface area (Å²) in [6.45, 7) is 10.3. The molecule has 3 rings (SSSR count). The van der Waals surface area contributed by atoms with Crippen LogP contribution in [0.2, 0.25) is 0 Å². The highest BCUT2D eigenvalue weighted by Gasteiger charge is 2.30. The molecule has 2 amide bonds. The molecule has 0 atom stereocenters. The van der Waals surface area contributed by atoms with Crippen molar-refractivity contribution < 1.29 is 9.59 Å². The Balaban J connectivity index is 1.77. The predicted octanol–water partition coefficient (Wildman–Crippen LogP) is 2.69. The van der Waals surface area contributed by atoms with Crippen LogP contribution in [0.1, 0.15) is 66.8 Å². The van der Waals surface area contributed by atoms with Gasteiger partial charge in [0.25, 0.3) is 5.91 Å². The summed E-state index contributed by atoms with van der Waals surface area (Å²) in [5.74, 6) is 0.956. The Kier molecular flexibility index (Phi) is 5.69. The Bertz CT molecular complexity index is 702. The zero-order chi connectivity index (χ0) is 18.7. The van der Waals surface area contributed by atoms with Gasteiger partial charge in [-0.25, -0.2) is 9.97 Å². The molecule has 140 valence electrons. The molecule has 0 aromatic carbocycles. The van der Waals surface area contributed by atoms with E-state index in [0.29, 0.717) is 30.1 Å². The van der Waals surface area contributed by atoms with Crippen molar-refractivity contribution in [1.82, 2.24) is 19.8 Å². The van der Waals surface area contributed by atoms with Crippen molar-refractivity contribution >= 4 is 11.8 Å². The molecular formula is C20H28N4O2. The van der Waals surface area contributed by atoms with Gasteiger partial charge in [0.2, 0.25) is 5.91 Å². The standard InChI is InChI=1S/C20H28N4O2/c1-14(2)19(25)24-11-7-16(8-12-24)18-17(13-21-15(3)22-18)20(26)23-9-5-4-6-10-23/h13,16H,1,4-12H2,2-3H3. The lowest BCUT2D eigenvalue weighted by Gasteiger charge is -2.33. The number of hydrogen-bond acceptors (Lipinski definition) is 4. The maximum atomic E-state index is 13.0. The lowest BCUT2D eigenvalue weighted by molar-refractivity contribution is -0.128. The molecular weight excluding hydrogens is 328 g/mol. The minimum atomic E-state index is 0.0203. The number of carbonyl (C=O) groups is 2. The van der Waals surface area contributed by atoms with Crippen LogP contribution in [0.15, 0.2) is 18.3 Å². The average molecular weight is 356 g/mol. The fraction of sp³-hybridized carbons (Fsp3) is 0.600. The van der Waals surface area contributed by atoms with Gasteiger partial charge in [0.1, 0.15) is 5.82 Å². The molecule has 0 saturated carbocycles. The van der Waals surface area contributed by atoms with E-state index >= 15 is 0 Å². The van der Waals surface area contributed by atoms with E-state index in [0.717, 1.165) is 44.5 Å². The summed E-state index contributed by atoms with van der Waals surface area (Å²) in [5.41, 5.74) is 2.07. The molecule has 6 heteroatoms. The molecule has 0 spiro atoms.